The van der Waals surface area contributed by atoms with Crippen molar-refractivity contribution in [1.29, 1.82) is 0 Å². The Hall–Kier alpha value is -2.55. The summed E-state index contributed by atoms with van der Waals surface area (Å²) in [5.74, 6) is -0.146. The predicted molar refractivity (Wildman–Crippen MR) is 124 cm³/mol. The lowest BCUT2D eigenvalue weighted by molar-refractivity contribution is -0.138. The molecule has 0 spiro atoms. The first kappa shape index (κ1) is 24.1. The fourth-order valence-corrected chi connectivity index (χ4v) is 4.62. The minimum absolute atomic E-state index is 0.0658. The lowest BCUT2D eigenvalue weighted by Crippen LogP contribution is -2.43. The molecular weight excluding hydrogens is 430 g/mol. The van der Waals surface area contributed by atoms with Crippen LogP contribution in [0.15, 0.2) is 48.5 Å². The second kappa shape index (κ2) is 12.5. The summed E-state index contributed by atoms with van der Waals surface area (Å²) >= 11 is 1.46. The van der Waals surface area contributed by atoms with Crippen LogP contribution in [0.1, 0.15) is 23.5 Å². The molecule has 8 heteroatoms. The molecule has 0 bridgehead atoms. The van der Waals surface area contributed by atoms with Gasteiger partial charge in [0.05, 0.1) is 13.2 Å². The topological polar surface area (TPSA) is 94.1 Å². The molecule has 0 aromatic heterocycles. The number of alkyl carbamates (subject to hydrolysis) is 1. The van der Waals surface area contributed by atoms with Crippen LogP contribution in [0.5, 0.6) is 0 Å². The van der Waals surface area contributed by atoms with Gasteiger partial charge in [0, 0.05) is 25.4 Å². The Labute approximate surface area is 192 Å². The highest BCUT2D eigenvalue weighted by molar-refractivity contribution is 7.99. The normalized spacial score (nSPS) is 13.3. The van der Waals surface area contributed by atoms with Crippen LogP contribution in [0.3, 0.4) is 0 Å². The summed E-state index contributed by atoms with van der Waals surface area (Å²) in [6, 6.07) is 15.1. The van der Waals surface area contributed by atoms with Crippen molar-refractivity contribution in [2.45, 2.75) is 18.4 Å². The average Bonchev–Trinajstić information content (AvgIpc) is 3.12. The molecule has 1 unspecified atom stereocenters. The van der Waals surface area contributed by atoms with Crippen LogP contribution in [0.4, 0.5) is 4.79 Å². The number of rotatable bonds is 13. The molecule has 172 valence electrons. The molecule has 2 aromatic rings. The third kappa shape index (κ3) is 6.48. The molecule has 32 heavy (non-hydrogen) atoms. The molecule has 1 aliphatic rings. The summed E-state index contributed by atoms with van der Waals surface area (Å²) in [6.07, 6.45) is 0.0776. The van der Waals surface area contributed by atoms with Gasteiger partial charge in [0.2, 0.25) is 0 Å². The van der Waals surface area contributed by atoms with E-state index in [0.29, 0.717) is 19.8 Å². The van der Waals surface area contributed by atoms with Gasteiger partial charge in [0.15, 0.2) is 0 Å². The molecule has 0 saturated carbocycles. The van der Waals surface area contributed by atoms with Crippen LogP contribution in [0.2, 0.25) is 0 Å². The fraction of sp³-hybridized carbons (Fsp3) is 0.417. The van der Waals surface area contributed by atoms with Gasteiger partial charge in [-0.25, -0.2) is 9.59 Å². The molecule has 0 heterocycles. The highest BCUT2D eigenvalue weighted by Crippen LogP contribution is 2.44. The summed E-state index contributed by atoms with van der Waals surface area (Å²) in [5, 5.41) is 11.9. The van der Waals surface area contributed by atoms with Gasteiger partial charge in [0.1, 0.15) is 12.6 Å². The molecule has 2 aromatic carbocycles. The zero-order chi connectivity index (χ0) is 22.8. The number of hydrogen-bond acceptors (Lipinski definition) is 6. The summed E-state index contributed by atoms with van der Waals surface area (Å²) in [4.78, 5) is 23.9. The third-order valence-electron chi connectivity index (χ3n) is 5.23. The van der Waals surface area contributed by atoms with Gasteiger partial charge in [0.25, 0.3) is 0 Å². The predicted octanol–water partition coefficient (Wildman–Crippen LogP) is 3.76. The number of benzene rings is 2. The van der Waals surface area contributed by atoms with E-state index in [9.17, 15) is 14.7 Å². The SMILES string of the molecule is COCCOCCCSCC(NC(=O)OCC1c2ccccc2-c2ccccc21)C(=O)O. The van der Waals surface area contributed by atoms with Crippen molar-refractivity contribution in [2.75, 3.05) is 45.0 Å². The van der Waals surface area contributed by atoms with Crippen molar-refractivity contribution in [3.63, 3.8) is 0 Å². The zero-order valence-electron chi connectivity index (χ0n) is 18.1. The van der Waals surface area contributed by atoms with Crippen molar-refractivity contribution in [3.8, 4) is 11.1 Å². The first-order chi connectivity index (χ1) is 15.6. The highest BCUT2D eigenvalue weighted by atomic mass is 32.2. The van der Waals surface area contributed by atoms with Crippen molar-refractivity contribution in [3.05, 3.63) is 59.7 Å². The molecule has 0 aliphatic heterocycles. The number of methoxy groups -OCH3 is 1. The number of carbonyl (C=O) groups excluding carboxylic acids is 1. The van der Waals surface area contributed by atoms with E-state index in [2.05, 4.69) is 17.4 Å². The van der Waals surface area contributed by atoms with Crippen LogP contribution in [-0.2, 0) is 19.0 Å². The van der Waals surface area contributed by atoms with E-state index in [-0.39, 0.29) is 18.3 Å². The number of carbonyl (C=O) groups is 2. The highest BCUT2D eigenvalue weighted by Gasteiger charge is 2.29. The van der Waals surface area contributed by atoms with E-state index >= 15 is 0 Å². The van der Waals surface area contributed by atoms with Crippen molar-refractivity contribution < 1.29 is 28.9 Å². The summed E-state index contributed by atoms with van der Waals surface area (Å²) < 4.78 is 15.7. The van der Waals surface area contributed by atoms with Gasteiger partial charge in [-0.05, 0) is 34.4 Å². The van der Waals surface area contributed by atoms with E-state index in [1.165, 1.54) is 11.8 Å². The van der Waals surface area contributed by atoms with Crippen LogP contribution in [0.25, 0.3) is 11.1 Å². The molecule has 1 amide bonds. The first-order valence-corrected chi connectivity index (χ1v) is 11.8. The summed E-state index contributed by atoms with van der Waals surface area (Å²) in [5.41, 5.74) is 4.50. The minimum Gasteiger partial charge on any atom is -0.480 e. The molecule has 0 fully saturated rings. The van der Waals surface area contributed by atoms with E-state index < -0.39 is 18.1 Å². The Bertz CT molecular complexity index is 860. The van der Waals surface area contributed by atoms with E-state index in [0.717, 1.165) is 34.4 Å². The van der Waals surface area contributed by atoms with Gasteiger partial charge in [-0.15, -0.1) is 0 Å². The van der Waals surface area contributed by atoms with Crippen molar-refractivity contribution in [1.82, 2.24) is 5.32 Å². The Morgan fingerprint density at radius 2 is 1.69 bits per heavy atom. The van der Waals surface area contributed by atoms with E-state index in [1.54, 1.807) is 7.11 Å². The van der Waals surface area contributed by atoms with Crippen molar-refractivity contribution >= 4 is 23.8 Å². The van der Waals surface area contributed by atoms with Gasteiger partial charge in [-0.2, -0.15) is 11.8 Å². The van der Waals surface area contributed by atoms with Crippen LogP contribution < -0.4 is 5.32 Å². The second-order valence-electron chi connectivity index (χ2n) is 7.39. The molecular formula is C24H29NO6S. The molecule has 1 atom stereocenters. The third-order valence-corrected chi connectivity index (χ3v) is 6.37. The Balaban J connectivity index is 1.45. The molecule has 2 N–H and O–H groups in total. The number of hydrogen-bond donors (Lipinski definition) is 2. The Morgan fingerprint density at radius 1 is 1.03 bits per heavy atom. The van der Waals surface area contributed by atoms with Gasteiger partial charge in [-0.3, -0.25) is 0 Å². The monoisotopic (exact) mass is 459 g/mol. The lowest BCUT2D eigenvalue weighted by atomic mass is 9.98. The lowest BCUT2D eigenvalue weighted by Gasteiger charge is -2.17. The van der Waals surface area contributed by atoms with E-state index in [4.69, 9.17) is 14.2 Å². The summed E-state index contributed by atoms with van der Waals surface area (Å²) in [6.45, 7) is 1.84. The number of thioether (sulfide) groups is 1. The second-order valence-corrected chi connectivity index (χ2v) is 8.54. The van der Waals surface area contributed by atoms with Gasteiger partial charge < -0.3 is 24.6 Å². The maximum atomic E-state index is 12.3. The first-order valence-electron chi connectivity index (χ1n) is 10.6. The number of amides is 1. The Morgan fingerprint density at radius 3 is 2.31 bits per heavy atom. The van der Waals surface area contributed by atoms with Crippen molar-refractivity contribution in [2.24, 2.45) is 0 Å². The number of carboxylic acid groups (broad SMARTS) is 1. The number of nitrogens with one attached hydrogen (secondary N) is 1. The fourth-order valence-electron chi connectivity index (χ4n) is 3.67. The quantitative estimate of drug-likeness (QED) is 0.441. The smallest absolute Gasteiger partial charge is 0.407 e. The number of aliphatic carboxylic acids is 1. The average molecular weight is 460 g/mol. The van der Waals surface area contributed by atoms with Crippen LogP contribution in [0, 0.1) is 0 Å². The number of fused-ring (bicyclic) bond motifs is 3. The maximum absolute atomic E-state index is 12.3. The molecule has 0 radical (unpaired) electrons. The zero-order valence-corrected chi connectivity index (χ0v) is 18.9. The minimum atomic E-state index is -1.08. The molecule has 3 rings (SSSR count). The molecule has 1 aliphatic carbocycles. The van der Waals surface area contributed by atoms with Gasteiger partial charge >= 0.3 is 12.1 Å². The Kier molecular flexibility index (Phi) is 9.40. The largest absolute Gasteiger partial charge is 0.480 e. The summed E-state index contributed by atoms with van der Waals surface area (Å²) in [7, 11) is 1.62. The number of carboxylic acids is 1. The molecule has 0 saturated heterocycles. The maximum Gasteiger partial charge on any atom is 0.407 e. The van der Waals surface area contributed by atoms with Crippen LogP contribution in [-0.4, -0.2) is 68.3 Å². The molecule has 7 nitrogen and oxygen atoms in total. The van der Waals surface area contributed by atoms with E-state index in [1.807, 2.05) is 36.4 Å². The van der Waals surface area contributed by atoms with Gasteiger partial charge in [-0.1, -0.05) is 48.5 Å². The van der Waals surface area contributed by atoms with Crippen LogP contribution >= 0.6 is 11.8 Å². The number of ether oxygens (including phenoxy) is 3. The standard InChI is InChI=1S/C24H29NO6S/c1-29-12-13-30-11-6-14-32-16-22(23(26)27)25-24(28)31-15-21-19-9-4-2-7-17(19)18-8-3-5-10-20(18)21/h2-5,7-10,21-22H,6,11-16H2,1H3,(H,25,28)(H,26,27).